The molecule has 1 aromatic carbocycles. The lowest BCUT2D eigenvalue weighted by molar-refractivity contribution is -0.384. The fourth-order valence-electron chi connectivity index (χ4n) is 3.54. The smallest absolute Gasteiger partial charge is 0.271 e. The Bertz CT molecular complexity index is 883. The average Bonchev–Trinajstić information content (AvgIpc) is 3.04. The Kier molecular flexibility index (Phi) is 5.24. The lowest BCUT2D eigenvalue weighted by atomic mass is 9.72. The molecule has 1 heterocycles. The Morgan fingerprint density at radius 3 is 2.74 bits per heavy atom. The van der Waals surface area contributed by atoms with Crippen molar-refractivity contribution in [2.75, 3.05) is 12.4 Å². The first-order valence-corrected chi connectivity index (χ1v) is 9.81. The van der Waals surface area contributed by atoms with E-state index in [2.05, 4.69) is 26.1 Å². The van der Waals surface area contributed by atoms with Crippen LogP contribution in [0, 0.1) is 21.4 Å². The van der Waals surface area contributed by atoms with Crippen molar-refractivity contribution in [1.82, 2.24) is 0 Å². The maximum Gasteiger partial charge on any atom is 0.271 e. The molecular weight excluding hydrogens is 364 g/mol. The molecule has 0 radical (unpaired) electrons. The van der Waals surface area contributed by atoms with Gasteiger partial charge in [0.15, 0.2) is 0 Å². The van der Waals surface area contributed by atoms with E-state index in [-0.39, 0.29) is 17.0 Å². The van der Waals surface area contributed by atoms with Gasteiger partial charge in [0.05, 0.1) is 23.3 Å². The maximum atomic E-state index is 12.8. The van der Waals surface area contributed by atoms with Crippen LogP contribution in [-0.4, -0.2) is 17.9 Å². The van der Waals surface area contributed by atoms with Crippen LogP contribution in [0.2, 0.25) is 0 Å². The first kappa shape index (κ1) is 19.4. The van der Waals surface area contributed by atoms with Crippen molar-refractivity contribution in [3.05, 3.63) is 49.7 Å². The molecule has 1 unspecified atom stereocenters. The Labute approximate surface area is 162 Å². The molecule has 144 valence electrons. The van der Waals surface area contributed by atoms with Gasteiger partial charge in [-0.2, -0.15) is 0 Å². The van der Waals surface area contributed by atoms with E-state index < -0.39 is 4.92 Å². The van der Waals surface area contributed by atoms with Crippen LogP contribution >= 0.6 is 11.3 Å². The van der Waals surface area contributed by atoms with E-state index in [4.69, 9.17) is 4.74 Å². The molecule has 2 aromatic rings. The number of nitrogens with one attached hydrogen (secondary N) is 1. The summed E-state index contributed by atoms with van der Waals surface area (Å²) < 4.78 is 5.23. The number of ether oxygens (including phenoxy) is 1. The molecule has 1 aliphatic carbocycles. The number of rotatable bonds is 4. The van der Waals surface area contributed by atoms with E-state index in [9.17, 15) is 14.9 Å². The zero-order chi connectivity index (χ0) is 19.8. The summed E-state index contributed by atoms with van der Waals surface area (Å²) in [6.45, 7) is 6.79. The van der Waals surface area contributed by atoms with E-state index in [1.807, 2.05) is 5.38 Å². The van der Waals surface area contributed by atoms with Gasteiger partial charge < -0.3 is 10.1 Å². The van der Waals surface area contributed by atoms with Gasteiger partial charge in [-0.1, -0.05) is 20.8 Å². The number of anilines is 1. The lowest BCUT2D eigenvalue weighted by Gasteiger charge is -2.34. The van der Waals surface area contributed by atoms with Gasteiger partial charge in [-0.15, -0.1) is 11.3 Å². The molecule has 27 heavy (non-hydrogen) atoms. The van der Waals surface area contributed by atoms with Crippen LogP contribution in [0.15, 0.2) is 23.6 Å². The van der Waals surface area contributed by atoms with Gasteiger partial charge in [-0.3, -0.25) is 14.9 Å². The summed E-state index contributed by atoms with van der Waals surface area (Å²) in [6.07, 6.45) is 2.94. The number of fused-ring (bicyclic) bond motifs is 1. The summed E-state index contributed by atoms with van der Waals surface area (Å²) in [5.74, 6) is 0.753. The van der Waals surface area contributed by atoms with Crippen LogP contribution in [0.1, 0.15) is 48.0 Å². The second kappa shape index (κ2) is 7.31. The molecule has 0 aliphatic heterocycles. The van der Waals surface area contributed by atoms with Gasteiger partial charge >= 0.3 is 0 Å². The molecule has 1 N–H and O–H groups in total. The van der Waals surface area contributed by atoms with E-state index in [1.165, 1.54) is 30.2 Å². The minimum Gasteiger partial charge on any atom is -0.495 e. The number of hydrogen-bond acceptors (Lipinski definition) is 5. The minimum atomic E-state index is -0.492. The summed E-state index contributed by atoms with van der Waals surface area (Å²) >= 11 is 1.63. The normalized spacial score (nSPS) is 16.5. The lowest BCUT2D eigenvalue weighted by Crippen LogP contribution is -2.27. The highest BCUT2D eigenvalue weighted by Gasteiger charge is 2.31. The van der Waals surface area contributed by atoms with Crippen LogP contribution in [0.25, 0.3) is 0 Å². The van der Waals surface area contributed by atoms with Crippen LogP contribution in [0.3, 0.4) is 0 Å². The maximum absolute atomic E-state index is 12.8. The van der Waals surface area contributed by atoms with Gasteiger partial charge in [0.1, 0.15) is 5.75 Å². The van der Waals surface area contributed by atoms with Crippen LogP contribution in [-0.2, 0) is 12.8 Å². The molecule has 0 bridgehead atoms. The molecule has 0 saturated heterocycles. The van der Waals surface area contributed by atoms with Gasteiger partial charge in [-0.05, 0) is 42.2 Å². The quantitative estimate of drug-likeness (QED) is 0.586. The molecule has 1 amide bonds. The molecule has 3 rings (SSSR count). The second-order valence-corrected chi connectivity index (χ2v) is 8.92. The van der Waals surface area contributed by atoms with E-state index >= 15 is 0 Å². The number of amides is 1. The number of carbonyl (C=O) groups is 1. The highest BCUT2D eigenvalue weighted by molar-refractivity contribution is 7.10. The number of nitro benzene ring substituents is 1. The minimum absolute atomic E-state index is 0.0912. The summed E-state index contributed by atoms with van der Waals surface area (Å²) in [4.78, 5) is 24.7. The predicted octanol–water partition coefficient (Wildman–Crippen LogP) is 5.07. The van der Waals surface area contributed by atoms with Gasteiger partial charge in [0.25, 0.3) is 11.6 Å². The van der Waals surface area contributed by atoms with Gasteiger partial charge in [0, 0.05) is 22.4 Å². The third-order valence-electron chi connectivity index (χ3n) is 5.27. The highest BCUT2D eigenvalue weighted by Crippen LogP contribution is 2.41. The number of nitro groups is 1. The summed E-state index contributed by atoms with van der Waals surface area (Å²) in [6, 6.07) is 4.17. The zero-order valence-electron chi connectivity index (χ0n) is 16.0. The molecule has 0 spiro atoms. The van der Waals surface area contributed by atoms with Crippen LogP contribution < -0.4 is 10.1 Å². The molecule has 6 nitrogen and oxygen atoms in total. The Morgan fingerprint density at radius 2 is 2.11 bits per heavy atom. The van der Waals surface area contributed by atoms with Crippen molar-refractivity contribution < 1.29 is 14.5 Å². The molecule has 1 atom stereocenters. The van der Waals surface area contributed by atoms with Gasteiger partial charge in [0.2, 0.25) is 0 Å². The monoisotopic (exact) mass is 388 g/mol. The Balaban J connectivity index is 1.84. The number of thiophene rings is 1. The number of benzene rings is 1. The average molecular weight is 388 g/mol. The summed E-state index contributed by atoms with van der Waals surface area (Å²) in [5, 5.41) is 15.7. The van der Waals surface area contributed by atoms with E-state index in [0.717, 1.165) is 24.8 Å². The van der Waals surface area contributed by atoms with Crippen LogP contribution in [0.5, 0.6) is 5.75 Å². The summed E-state index contributed by atoms with van der Waals surface area (Å²) in [7, 11) is 1.47. The molecule has 0 saturated carbocycles. The predicted molar refractivity (Wildman–Crippen MR) is 107 cm³/mol. The molecule has 1 aliphatic rings. The van der Waals surface area contributed by atoms with Crippen LogP contribution in [0.4, 0.5) is 11.4 Å². The standard InChI is InChI=1S/C20H24N2O4S/c1-20(2,3)12-5-7-14-15(11-27-18(14)9-12)19(23)21-16-10-13(22(24)25)6-8-17(16)26-4/h6,8,10-12H,5,7,9H2,1-4H3,(H,21,23). The van der Waals surface area contributed by atoms with Crippen molar-refractivity contribution in [2.24, 2.45) is 11.3 Å². The number of methoxy groups -OCH3 is 1. The van der Waals surface area contributed by atoms with Crippen molar-refractivity contribution in [2.45, 2.75) is 40.0 Å². The third kappa shape index (κ3) is 3.98. The number of carbonyl (C=O) groups excluding carboxylic acids is 1. The first-order valence-electron chi connectivity index (χ1n) is 8.93. The number of non-ortho nitro benzene ring substituents is 1. The van der Waals surface area contributed by atoms with Crippen molar-refractivity contribution in [1.29, 1.82) is 0 Å². The largest absolute Gasteiger partial charge is 0.495 e. The summed E-state index contributed by atoms with van der Waals surface area (Å²) in [5.41, 5.74) is 2.24. The fourth-order valence-corrected chi connectivity index (χ4v) is 4.70. The molecule has 1 aromatic heterocycles. The number of hydrogen-bond donors (Lipinski definition) is 1. The fraction of sp³-hybridized carbons (Fsp3) is 0.450. The second-order valence-electron chi connectivity index (χ2n) is 7.95. The van der Waals surface area contributed by atoms with E-state index in [1.54, 1.807) is 11.3 Å². The Hall–Kier alpha value is -2.41. The topological polar surface area (TPSA) is 81.5 Å². The molecule has 7 heteroatoms. The zero-order valence-corrected chi connectivity index (χ0v) is 16.8. The third-order valence-corrected chi connectivity index (χ3v) is 6.32. The Morgan fingerprint density at radius 1 is 1.37 bits per heavy atom. The SMILES string of the molecule is COc1ccc([N+](=O)[O-])cc1NC(=O)c1csc2c1CCC(C(C)(C)C)C2. The molecular formula is C20H24N2O4S. The van der Waals surface area contributed by atoms with E-state index in [0.29, 0.717) is 22.9 Å². The first-order chi connectivity index (χ1) is 12.7. The highest BCUT2D eigenvalue weighted by atomic mass is 32.1. The number of nitrogens with zero attached hydrogens (tertiary/aromatic N) is 1. The van der Waals surface area contributed by atoms with Crippen molar-refractivity contribution in [3.63, 3.8) is 0 Å². The van der Waals surface area contributed by atoms with Crippen molar-refractivity contribution >= 4 is 28.6 Å². The van der Waals surface area contributed by atoms with Crippen molar-refractivity contribution in [3.8, 4) is 5.75 Å². The molecule has 0 fully saturated rings. The van der Waals surface area contributed by atoms with Gasteiger partial charge in [-0.25, -0.2) is 0 Å².